The van der Waals surface area contributed by atoms with Crippen molar-refractivity contribution in [2.24, 2.45) is 0 Å². The number of fused-ring (bicyclic) bond motifs is 7. The fourth-order valence-corrected chi connectivity index (χ4v) is 10.6. The average Bonchev–Trinajstić information content (AvgIpc) is 3.80. The molecule has 0 saturated carbocycles. The Morgan fingerprint density at radius 3 is 1.60 bits per heavy atom. The Balaban J connectivity index is 1.03. The monoisotopic (exact) mass is 865 g/mol. The summed E-state index contributed by atoms with van der Waals surface area (Å²) in [6.45, 7) is 0. The van der Waals surface area contributed by atoms with Crippen LogP contribution in [-0.4, -0.2) is 0 Å². The molecular weight excluding hydrogens is 823 g/mol. The van der Waals surface area contributed by atoms with Crippen molar-refractivity contribution in [3.8, 4) is 55.6 Å². The van der Waals surface area contributed by atoms with Gasteiger partial charge in [0.25, 0.3) is 0 Å². The first-order chi connectivity index (χ1) is 33.7. The zero-order chi connectivity index (χ0) is 45.0. The second kappa shape index (κ2) is 16.5. The number of furan rings is 1. The molecule has 0 aliphatic carbocycles. The molecule has 0 radical (unpaired) electrons. The Kier molecular flexibility index (Phi) is 9.54. The van der Waals surface area contributed by atoms with Gasteiger partial charge < -0.3 is 9.32 Å². The van der Waals surface area contributed by atoms with Gasteiger partial charge in [0.1, 0.15) is 11.2 Å². The molecule has 1 aromatic heterocycles. The third-order valence-electron chi connectivity index (χ3n) is 13.7. The molecule has 12 aromatic carbocycles. The Hall–Kier alpha value is -8.98. The van der Waals surface area contributed by atoms with E-state index in [4.69, 9.17) is 4.42 Å². The third-order valence-corrected chi connectivity index (χ3v) is 13.7. The van der Waals surface area contributed by atoms with Gasteiger partial charge in [-0.2, -0.15) is 0 Å². The van der Waals surface area contributed by atoms with Crippen molar-refractivity contribution in [2.75, 3.05) is 4.90 Å². The van der Waals surface area contributed by atoms with E-state index in [1.807, 2.05) is 6.07 Å². The van der Waals surface area contributed by atoms with Crippen LogP contribution >= 0.6 is 0 Å². The first kappa shape index (κ1) is 39.4. The SMILES string of the molecule is c1ccc(-c2c(-c3ccccc3)c3cc(-c4ccccc4N(c4ccc(-c5cccc6ccccc56)cc4)c4cccc(-c5cccc6c5oc5ccccc56)c4)ccc3c3ccccc23)cc1. The molecule has 0 saturated heterocycles. The van der Waals surface area contributed by atoms with E-state index < -0.39 is 0 Å². The lowest BCUT2D eigenvalue weighted by atomic mass is 9.84. The summed E-state index contributed by atoms with van der Waals surface area (Å²) < 4.78 is 6.60. The van der Waals surface area contributed by atoms with Crippen molar-refractivity contribution in [1.82, 2.24) is 0 Å². The van der Waals surface area contributed by atoms with Crippen LogP contribution in [0.25, 0.3) is 110 Å². The van der Waals surface area contributed by atoms with Crippen molar-refractivity contribution >= 4 is 71.3 Å². The number of nitrogens with zero attached hydrogens (tertiary/aromatic N) is 1. The first-order valence-electron chi connectivity index (χ1n) is 23.3. The predicted molar refractivity (Wildman–Crippen MR) is 288 cm³/mol. The minimum Gasteiger partial charge on any atom is -0.455 e. The van der Waals surface area contributed by atoms with E-state index in [0.29, 0.717) is 0 Å². The van der Waals surface area contributed by atoms with E-state index in [9.17, 15) is 0 Å². The summed E-state index contributed by atoms with van der Waals surface area (Å²) in [6.07, 6.45) is 0. The zero-order valence-corrected chi connectivity index (χ0v) is 37.2. The largest absolute Gasteiger partial charge is 0.455 e. The summed E-state index contributed by atoms with van der Waals surface area (Å²) >= 11 is 0. The van der Waals surface area contributed by atoms with Crippen LogP contribution in [0.15, 0.2) is 265 Å². The lowest BCUT2D eigenvalue weighted by Crippen LogP contribution is -2.11. The maximum atomic E-state index is 6.60. The van der Waals surface area contributed by atoms with Crippen molar-refractivity contribution in [3.05, 3.63) is 261 Å². The Bertz CT molecular complexity index is 4010. The quantitative estimate of drug-likeness (QED) is 0.142. The molecule has 1 heterocycles. The number of anilines is 3. The topological polar surface area (TPSA) is 16.4 Å². The van der Waals surface area contributed by atoms with Crippen molar-refractivity contribution < 1.29 is 4.42 Å². The highest BCUT2D eigenvalue weighted by molar-refractivity contribution is 6.22. The molecule has 13 aromatic rings. The van der Waals surface area contributed by atoms with Gasteiger partial charge in [0.05, 0.1) is 5.69 Å². The minimum atomic E-state index is 0.891. The fraction of sp³-hybridized carbons (Fsp3) is 0. The highest BCUT2D eigenvalue weighted by atomic mass is 16.3. The Labute approximate surface area is 395 Å². The summed E-state index contributed by atoms with van der Waals surface area (Å²) in [5.74, 6) is 0. The molecule has 2 nitrogen and oxygen atoms in total. The number of hydrogen-bond acceptors (Lipinski definition) is 2. The van der Waals surface area contributed by atoms with Crippen LogP contribution in [0.5, 0.6) is 0 Å². The van der Waals surface area contributed by atoms with Crippen LogP contribution in [0.4, 0.5) is 17.1 Å². The number of hydrogen-bond donors (Lipinski definition) is 0. The summed E-state index contributed by atoms with van der Waals surface area (Å²) in [5, 5.41) is 9.64. The molecular formula is C66H43NO. The van der Waals surface area contributed by atoms with Gasteiger partial charge in [-0.15, -0.1) is 0 Å². The summed E-state index contributed by atoms with van der Waals surface area (Å²) in [6, 6.07) is 94.5. The molecule has 318 valence electrons. The molecule has 2 heteroatoms. The van der Waals surface area contributed by atoms with E-state index in [0.717, 1.165) is 61.3 Å². The molecule has 0 N–H and O–H groups in total. The molecule has 68 heavy (non-hydrogen) atoms. The predicted octanol–water partition coefficient (Wildman–Crippen LogP) is 18.9. The minimum absolute atomic E-state index is 0.891. The van der Waals surface area contributed by atoms with Crippen LogP contribution in [0.3, 0.4) is 0 Å². The van der Waals surface area contributed by atoms with Crippen LogP contribution < -0.4 is 4.90 Å². The second-order valence-corrected chi connectivity index (χ2v) is 17.5. The fourth-order valence-electron chi connectivity index (χ4n) is 10.6. The molecule has 0 fully saturated rings. The molecule has 0 aliphatic rings. The van der Waals surface area contributed by atoms with E-state index in [-0.39, 0.29) is 0 Å². The third kappa shape index (κ3) is 6.65. The molecule has 0 bridgehead atoms. The molecule has 13 rings (SSSR count). The molecule has 0 atom stereocenters. The lowest BCUT2D eigenvalue weighted by molar-refractivity contribution is 0.670. The van der Waals surface area contributed by atoms with Crippen LogP contribution in [-0.2, 0) is 0 Å². The van der Waals surface area contributed by atoms with Gasteiger partial charge in [-0.25, -0.2) is 0 Å². The normalized spacial score (nSPS) is 11.5. The number of benzene rings is 12. The summed E-state index contributed by atoms with van der Waals surface area (Å²) in [7, 11) is 0. The maximum Gasteiger partial charge on any atom is 0.143 e. The highest BCUT2D eigenvalue weighted by Crippen LogP contribution is 2.48. The standard InChI is InChI=1S/C66H43NO/c1-3-19-46(20-4-1)64-59-30-10-9-28-56(59)57-41-38-49(43-61(57)65(64)47-21-5-2-6-22-47)54-27-11-13-34-62(54)67(50-39-36-45(37-40-50)53-31-16-23-44-18-7-8-26-52(44)53)51-25-15-24-48(42-51)55-32-17-33-60-58-29-12-14-35-63(58)68-66(55)60/h1-43H. The van der Waals surface area contributed by atoms with Gasteiger partial charge in [-0.3, -0.25) is 0 Å². The number of para-hydroxylation sites is 3. The smallest absolute Gasteiger partial charge is 0.143 e. The number of rotatable bonds is 8. The zero-order valence-electron chi connectivity index (χ0n) is 37.2. The molecule has 0 spiro atoms. The van der Waals surface area contributed by atoms with Crippen LogP contribution in [0.1, 0.15) is 0 Å². The van der Waals surface area contributed by atoms with E-state index >= 15 is 0 Å². The second-order valence-electron chi connectivity index (χ2n) is 17.5. The molecule has 0 unspecified atom stereocenters. The van der Waals surface area contributed by atoms with E-state index in [1.165, 1.54) is 65.7 Å². The maximum absolute atomic E-state index is 6.60. The Morgan fingerprint density at radius 1 is 0.265 bits per heavy atom. The highest BCUT2D eigenvalue weighted by Gasteiger charge is 2.22. The van der Waals surface area contributed by atoms with Gasteiger partial charge in [-0.1, -0.05) is 218 Å². The van der Waals surface area contributed by atoms with Crippen molar-refractivity contribution in [3.63, 3.8) is 0 Å². The molecule has 0 aliphatic heterocycles. The average molecular weight is 866 g/mol. The van der Waals surface area contributed by atoms with Gasteiger partial charge in [0.2, 0.25) is 0 Å². The Morgan fingerprint density at radius 2 is 0.794 bits per heavy atom. The lowest BCUT2D eigenvalue weighted by Gasteiger charge is -2.29. The summed E-state index contributed by atoms with van der Waals surface area (Å²) in [4.78, 5) is 2.42. The van der Waals surface area contributed by atoms with E-state index in [1.54, 1.807) is 0 Å². The van der Waals surface area contributed by atoms with Gasteiger partial charge in [0, 0.05) is 33.3 Å². The van der Waals surface area contributed by atoms with Crippen molar-refractivity contribution in [2.45, 2.75) is 0 Å². The van der Waals surface area contributed by atoms with Crippen LogP contribution in [0.2, 0.25) is 0 Å². The molecule has 0 amide bonds. The van der Waals surface area contributed by atoms with Gasteiger partial charge in [0.15, 0.2) is 0 Å². The van der Waals surface area contributed by atoms with E-state index in [2.05, 4.69) is 260 Å². The first-order valence-corrected chi connectivity index (χ1v) is 23.3. The van der Waals surface area contributed by atoms with Gasteiger partial charge >= 0.3 is 0 Å². The van der Waals surface area contributed by atoms with Crippen molar-refractivity contribution in [1.29, 1.82) is 0 Å². The van der Waals surface area contributed by atoms with Gasteiger partial charge in [-0.05, 0) is 119 Å². The van der Waals surface area contributed by atoms with Crippen LogP contribution in [0, 0.1) is 0 Å². The summed E-state index contributed by atoms with van der Waals surface area (Å²) in [5.41, 5.74) is 16.6.